The maximum absolute atomic E-state index is 12.9. The number of unbranched alkanes of at least 4 members (excludes halogenated alkanes) is 1. The number of carbonyl (C=O) groups is 2. The van der Waals surface area contributed by atoms with E-state index in [1.54, 1.807) is 28.7 Å². The van der Waals surface area contributed by atoms with Crippen LogP contribution in [0.2, 0.25) is 0 Å². The van der Waals surface area contributed by atoms with Crippen LogP contribution in [0.15, 0.2) is 48.4 Å². The van der Waals surface area contributed by atoms with Crippen LogP contribution in [0, 0.1) is 5.41 Å². The number of anilines is 1. The van der Waals surface area contributed by atoms with Crippen LogP contribution in [0.5, 0.6) is 0 Å². The minimum atomic E-state index is -1.45. The highest BCUT2D eigenvalue weighted by Crippen LogP contribution is 2.25. The highest BCUT2D eigenvalue weighted by Gasteiger charge is 2.32. The summed E-state index contributed by atoms with van der Waals surface area (Å²) in [7, 11) is 0. The van der Waals surface area contributed by atoms with Gasteiger partial charge in [-0.25, -0.2) is 9.78 Å². The van der Waals surface area contributed by atoms with E-state index in [9.17, 15) is 14.7 Å². The molecule has 0 saturated carbocycles. The van der Waals surface area contributed by atoms with Crippen molar-refractivity contribution in [1.82, 2.24) is 25.1 Å². The molecule has 0 aliphatic heterocycles. The third-order valence-electron chi connectivity index (χ3n) is 5.65. The van der Waals surface area contributed by atoms with Gasteiger partial charge in [-0.1, -0.05) is 40.5 Å². The van der Waals surface area contributed by atoms with Gasteiger partial charge in [0.15, 0.2) is 11.2 Å². The molecule has 0 saturated heterocycles. The average molecular weight is 515 g/mol. The van der Waals surface area contributed by atoms with Gasteiger partial charge in [0, 0.05) is 41.1 Å². The number of nitrogens with zero attached hydrogens (tertiary/aromatic N) is 4. The van der Waals surface area contributed by atoms with E-state index in [-0.39, 0.29) is 0 Å². The number of aliphatic hydroxyl groups excluding tert-OH is 1. The Bertz CT molecular complexity index is 1100. The van der Waals surface area contributed by atoms with Gasteiger partial charge in [0.2, 0.25) is 0 Å². The smallest absolute Gasteiger partial charge is 0.407 e. The SMILES string of the molecule is CCCC[C@H](NC(=O)OC(Cn1ccc(-c2cccnc2)n1)C(C)(C)C)[C@H](O)C(=O)Nc1nccs1. The normalized spacial score (nSPS) is 14.0. The number of aromatic nitrogens is 4. The Morgan fingerprint density at radius 1 is 1.25 bits per heavy atom. The Hall–Kier alpha value is -3.31. The maximum atomic E-state index is 12.9. The molecule has 0 aliphatic carbocycles. The van der Waals surface area contributed by atoms with Crippen molar-refractivity contribution in [3.63, 3.8) is 0 Å². The number of hydrogen-bond acceptors (Lipinski definition) is 8. The lowest BCUT2D eigenvalue weighted by atomic mass is 9.89. The Kier molecular flexibility index (Phi) is 9.54. The maximum Gasteiger partial charge on any atom is 0.407 e. The second-order valence-electron chi connectivity index (χ2n) is 9.59. The van der Waals surface area contributed by atoms with Gasteiger partial charge in [0.25, 0.3) is 5.91 Å². The van der Waals surface area contributed by atoms with Crippen molar-refractivity contribution in [1.29, 1.82) is 0 Å². The minimum absolute atomic E-state index is 0.337. The van der Waals surface area contributed by atoms with Crippen molar-refractivity contribution in [3.8, 4) is 11.3 Å². The summed E-state index contributed by atoms with van der Waals surface area (Å²) in [4.78, 5) is 33.6. The number of pyridine rings is 1. The quantitative estimate of drug-likeness (QED) is 0.351. The van der Waals surface area contributed by atoms with Crippen LogP contribution in [0.1, 0.15) is 47.0 Å². The summed E-state index contributed by atoms with van der Waals surface area (Å²) in [5.74, 6) is -0.627. The predicted molar refractivity (Wildman–Crippen MR) is 138 cm³/mol. The summed E-state index contributed by atoms with van der Waals surface area (Å²) in [6.07, 6.45) is 6.16. The second-order valence-corrected chi connectivity index (χ2v) is 10.5. The molecule has 0 aliphatic rings. The third-order valence-corrected chi connectivity index (χ3v) is 6.34. The Morgan fingerprint density at radius 2 is 2.06 bits per heavy atom. The van der Waals surface area contributed by atoms with Crippen LogP contribution in [-0.4, -0.2) is 55.1 Å². The molecule has 0 radical (unpaired) electrons. The van der Waals surface area contributed by atoms with Gasteiger partial charge in [-0.05, 0) is 24.6 Å². The number of aliphatic hydroxyl groups is 1. The largest absolute Gasteiger partial charge is 0.444 e. The molecule has 11 heteroatoms. The van der Waals surface area contributed by atoms with Gasteiger partial charge in [-0.15, -0.1) is 11.3 Å². The monoisotopic (exact) mass is 514 g/mol. The van der Waals surface area contributed by atoms with Crippen LogP contribution in [-0.2, 0) is 16.1 Å². The van der Waals surface area contributed by atoms with Crippen molar-refractivity contribution >= 4 is 28.5 Å². The topological polar surface area (TPSA) is 131 Å². The zero-order valence-corrected chi connectivity index (χ0v) is 21.9. The Balaban J connectivity index is 1.66. The van der Waals surface area contributed by atoms with E-state index < -0.39 is 35.7 Å². The van der Waals surface area contributed by atoms with Crippen LogP contribution < -0.4 is 10.6 Å². The molecule has 3 atom stereocenters. The first-order chi connectivity index (χ1) is 17.2. The van der Waals surface area contributed by atoms with Crippen molar-refractivity contribution in [2.75, 3.05) is 5.32 Å². The van der Waals surface area contributed by atoms with Crippen LogP contribution in [0.4, 0.5) is 9.93 Å². The molecule has 36 heavy (non-hydrogen) atoms. The molecule has 0 bridgehead atoms. The molecule has 194 valence electrons. The predicted octanol–water partition coefficient (Wildman–Crippen LogP) is 4.10. The van der Waals surface area contributed by atoms with Gasteiger partial charge in [0.1, 0.15) is 6.10 Å². The highest BCUT2D eigenvalue weighted by molar-refractivity contribution is 7.13. The lowest BCUT2D eigenvalue weighted by molar-refractivity contribution is -0.125. The molecule has 3 heterocycles. The summed E-state index contributed by atoms with van der Waals surface area (Å²) >= 11 is 1.25. The third kappa shape index (κ3) is 7.85. The molecule has 0 fully saturated rings. The second kappa shape index (κ2) is 12.6. The van der Waals surface area contributed by atoms with Crippen molar-refractivity contribution in [2.24, 2.45) is 5.41 Å². The molecule has 3 rings (SSSR count). The molecule has 3 N–H and O–H groups in total. The first-order valence-corrected chi connectivity index (χ1v) is 12.8. The Morgan fingerprint density at radius 3 is 2.69 bits per heavy atom. The van der Waals surface area contributed by atoms with E-state index in [0.717, 1.165) is 24.1 Å². The summed E-state index contributed by atoms with van der Waals surface area (Å²) < 4.78 is 7.54. The fourth-order valence-electron chi connectivity index (χ4n) is 3.48. The number of nitrogens with one attached hydrogen (secondary N) is 2. The zero-order valence-electron chi connectivity index (χ0n) is 21.0. The van der Waals surface area contributed by atoms with Crippen molar-refractivity contribution in [3.05, 3.63) is 48.4 Å². The fourth-order valence-corrected chi connectivity index (χ4v) is 4.02. The van der Waals surface area contributed by atoms with E-state index in [4.69, 9.17) is 4.74 Å². The molecule has 10 nitrogen and oxygen atoms in total. The van der Waals surface area contributed by atoms with E-state index in [1.807, 2.05) is 52.1 Å². The molecule has 0 aromatic carbocycles. The van der Waals surface area contributed by atoms with E-state index >= 15 is 0 Å². The number of hydrogen-bond donors (Lipinski definition) is 3. The van der Waals surface area contributed by atoms with Crippen molar-refractivity contribution < 1.29 is 19.4 Å². The molecule has 3 aromatic heterocycles. The summed E-state index contributed by atoms with van der Waals surface area (Å²) in [5, 5.41) is 22.6. The number of carbonyl (C=O) groups excluding carboxylic acids is 2. The molecular formula is C25H34N6O4S. The number of rotatable bonds is 11. The van der Waals surface area contributed by atoms with Gasteiger partial charge in [-0.3, -0.25) is 19.8 Å². The van der Waals surface area contributed by atoms with Gasteiger partial charge in [0.05, 0.1) is 18.3 Å². The standard InChI is InChI=1S/C25H34N6O4S/c1-5-6-9-19(21(32)22(33)29-23-27-12-14-36-23)28-24(34)35-20(25(2,3)4)16-31-13-10-18(30-31)17-8-7-11-26-15-17/h7-8,10-15,19-21,32H,5-6,9,16H2,1-4H3,(H,28,34)(H,27,29,33)/t19-,20?,21-/m0/s1. The molecule has 1 unspecified atom stereocenters. The molecule has 2 amide bonds. The Labute approximate surface area is 215 Å². The zero-order chi connectivity index (χ0) is 26.1. The number of alkyl carbamates (subject to hydrolysis) is 1. The van der Waals surface area contributed by atoms with Gasteiger partial charge in [-0.2, -0.15) is 5.10 Å². The van der Waals surface area contributed by atoms with Crippen LogP contribution in [0.3, 0.4) is 0 Å². The minimum Gasteiger partial charge on any atom is -0.444 e. The van der Waals surface area contributed by atoms with E-state index in [1.165, 1.54) is 11.3 Å². The number of amides is 2. The lowest BCUT2D eigenvalue weighted by Gasteiger charge is -2.31. The van der Waals surface area contributed by atoms with E-state index in [2.05, 4.69) is 25.7 Å². The molecule has 0 spiro atoms. The lowest BCUT2D eigenvalue weighted by Crippen LogP contribution is -2.50. The first-order valence-electron chi connectivity index (χ1n) is 12.0. The fraction of sp³-hybridized carbons (Fsp3) is 0.480. The average Bonchev–Trinajstić information content (AvgIpc) is 3.53. The number of thiazole rings is 1. The van der Waals surface area contributed by atoms with Crippen LogP contribution >= 0.6 is 11.3 Å². The van der Waals surface area contributed by atoms with Crippen molar-refractivity contribution in [2.45, 2.75) is 71.8 Å². The number of ether oxygens (including phenoxy) is 1. The molecule has 3 aromatic rings. The van der Waals surface area contributed by atoms with Gasteiger partial charge < -0.3 is 15.2 Å². The molecular weight excluding hydrogens is 480 g/mol. The van der Waals surface area contributed by atoms with E-state index in [0.29, 0.717) is 18.1 Å². The van der Waals surface area contributed by atoms with Crippen LogP contribution in [0.25, 0.3) is 11.3 Å². The summed E-state index contributed by atoms with van der Waals surface area (Å²) in [6, 6.07) is 4.85. The first kappa shape index (κ1) is 27.3. The summed E-state index contributed by atoms with van der Waals surface area (Å²) in [5.41, 5.74) is 1.28. The van der Waals surface area contributed by atoms with Gasteiger partial charge >= 0.3 is 6.09 Å². The summed E-state index contributed by atoms with van der Waals surface area (Å²) in [6.45, 7) is 8.25. The highest BCUT2D eigenvalue weighted by atomic mass is 32.1.